The lowest BCUT2D eigenvalue weighted by atomic mass is 9.75. The molecule has 0 saturated heterocycles. The molecule has 1 N–H and O–H groups in total. The third-order valence-corrected chi connectivity index (χ3v) is 3.66. The van der Waals surface area contributed by atoms with Crippen molar-refractivity contribution >= 4 is 24.5 Å². The SMILES string of the molecule is O=COC(C(=O)C(C=O)(C(=O)O)c1ccccc1)c1ccccc1. The second-order valence-electron chi connectivity index (χ2n) is 4.98. The van der Waals surface area contributed by atoms with Gasteiger partial charge in [0.15, 0.2) is 6.10 Å². The summed E-state index contributed by atoms with van der Waals surface area (Å²) in [7, 11) is 0. The lowest BCUT2D eigenvalue weighted by Crippen LogP contribution is -2.48. The molecule has 2 rings (SSSR count). The van der Waals surface area contributed by atoms with Crippen LogP contribution in [0, 0.1) is 0 Å². The maximum Gasteiger partial charge on any atom is 0.329 e. The number of ketones is 1. The predicted octanol–water partition coefficient (Wildman–Crippen LogP) is 1.69. The Morgan fingerprint density at radius 2 is 1.50 bits per heavy atom. The van der Waals surface area contributed by atoms with Crippen LogP contribution in [0.1, 0.15) is 17.2 Å². The van der Waals surface area contributed by atoms with Crippen LogP contribution in [0.15, 0.2) is 60.7 Å². The fraction of sp³-hybridized carbons (Fsp3) is 0.111. The molecule has 0 aliphatic carbocycles. The fourth-order valence-corrected chi connectivity index (χ4v) is 2.43. The fourth-order valence-electron chi connectivity index (χ4n) is 2.43. The van der Waals surface area contributed by atoms with Gasteiger partial charge in [-0.2, -0.15) is 0 Å². The number of aliphatic carboxylic acids is 1. The highest BCUT2D eigenvalue weighted by atomic mass is 16.5. The highest BCUT2D eigenvalue weighted by Gasteiger charge is 2.51. The van der Waals surface area contributed by atoms with Gasteiger partial charge in [0.05, 0.1) is 0 Å². The van der Waals surface area contributed by atoms with Gasteiger partial charge in [-0.25, -0.2) is 0 Å². The van der Waals surface area contributed by atoms with Crippen molar-refractivity contribution in [3.63, 3.8) is 0 Å². The van der Waals surface area contributed by atoms with Crippen molar-refractivity contribution in [2.75, 3.05) is 0 Å². The first-order valence-electron chi connectivity index (χ1n) is 7.01. The quantitative estimate of drug-likeness (QED) is 0.585. The first-order valence-corrected chi connectivity index (χ1v) is 7.01. The van der Waals surface area contributed by atoms with Gasteiger partial charge in [0.25, 0.3) is 6.47 Å². The molecule has 2 aromatic carbocycles. The van der Waals surface area contributed by atoms with Crippen molar-refractivity contribution in [2.24, 2.45) is 0 Å². The van der Waals surface area contributed by atoms with Crippen molar-refractivity contribution in [2.45, 2.75) is 11.5 Å². The van der Waals surface area contributed by atoms with Gasteiger partial charge < -0.3 is 14.6 Å². The maximum absolute atomic E-state index is 12.9. The molecule has 0 bridgehead atoms. The number of Topliss-reactive ketones (excluding diaryl/α,β-unsaturated/α-hetero) is 1. The van der Waals surface area contributed by atoms with Crippen LogP contribution in [0.25, 0.3) is 0 Å². The highest BCUT2D eigenvalue weighted by molar-refractivity contribution is 6.23. The summed E-state index contributed by atoms with van der Waals surface area (Å²) >= 11 is 0. The van der Waals surface area contributed by atoms with E-state index in [1.165, 1.54) is 36.4 Å². The number of carboxylic acids is 1. The summed E-state index contributed by atoms with van der Waals surface area (Å²) in [6.45, 7) is 0.0535. The summed E-state index contributed by atoms with van der Waals surface area (Å²) in [4.78, 5) is 47.3. The minimum Gasteiger partial charge on any atom is -0.480 e. The Morgan fingerprint density at radius 1 is 0.958 bits per heavy atom. The summed E-state index contributed by atoms with van der Waals surface area (Å²) in [5, 5.41) is 9.62. The van der Waals surface area contributed by atoms with E-state index in [4.69, 9.17) is 4.74 Å². The molecule has 24 heavy (non-hydrogen) atoms. The zero-order chi connectivity index (χ0) is 17.6. The molecule has 0 heterocycles. The first kappa shape index (κ1) is 17.1. The second-order valence-corrected chi connectivity index (χ2v) is 4.98. The van der Waals surface area contributed by atoms with Gasteiger partial charge in [-0.15, -0.1) is 0 Å². The largest absolute Gasteiger partial charge is 0.480 e. The van der Waals surface area contributed by atoms with E-state index in [0.29, 0.717) is 0 Å². The van der Waals surface area contributed by atoms with Crippen LogP contribution in [0.2, 0.25) is 0 Å². The average molecular weight is 326 g/mol. The Labute approximate surface area is 137 Å². The number of hydrogen-bond acceptors (Lipinski definition) is 5. The number of carbonyl (C=O) groups excluding carboxylic acids is 3. The molecule has 2 atom stereocenters. The van der Waals surface area contributed by atoms with Gasteiger partial charge >= 0.3 is 5.97 Å². The van der Waals surface area contributed by atoms with E-state index in [1.54, 1.807) is 24.3 Å². The van der Waals surface area contributed by atoms with Gasteiger partial charge in [0, 0.05) is 5.56 Å². The van der Waals surface area contributed by atoms with Crippen LogP contribution in [-0.2, 0) is 29.3 Å². The second kappa shape index (κ2) is 7.32. The van der Waals surface area contributed by atoms with E-state index < -0.39 is 23.3 Å². The Morgan fingerprint density at radius 3 is 1.96 bits per heavy atom. The molecular weight excluding hydrogens is 312 g/mol. The van der Waals surface area contributed by atoms with E-state index in [1.807, 2.05) is 0 Å². The molecular formula is C18H14O6. The Bertz CT molecular complexity index is 741. The third kappa shape index (κ3) is 2.94. The van der Waals surface area contributed by atoms with Crippen molar-refractivity contribution < 1.29 is 29.0 Å². The molecule has 0 fully saturated rings. The number of ether oxygens (including phenoxy) is 1. The van der Waals surface area contributed by atoms with Crippen molar-refractivity contribution in [1.29, 1.82) is 0 Å². The normalized spacial score (nSPS) is 14.0. The van der Waals surface area contributed by atoms with Crippen LogP contribution in [-0.4, -0.2) is 29.6 Å². The van der Waals surface area contributed by atoms with Gasteiger partial charge in [-0.1, -0.05) is 60.7 Å². The number of rotatable bonds is 8. The molecule has 6 heteroatoms. The molecule has 0 spiro atoms. The van der Waals surface area contributed by atoms with E-state index in [0.717, 1.165) is 0 Å². The van der Waals surface area contributed by atoms with Crippen molar-refractivity contribution in [3.8, 4) is 0 Å². The summed E-state index contributed by atoms with van der Waals surface area (Å²) in [6.07, 6.45) is -1.44. The highest BCUT2D eigenvalue weighted by Crippen LogP contribution is 2.32. The molecule has 2 unspecified atom stereocenters. The minimum absolute atomic E-state index is 0.00655. The van der Waals surface area contributed by atoms with Crippen LogP contribution < -0.4 is 0 Å². The van der Waals surface area contributed by atoms with Crippen LogP contribution in [0.4, 0.5) is 0 Å². The number of carboxylic acid groups (broad SMARTS) is 1. The maximum atomic E-state index is 12.9. The molecule has 0 saturated carbocycles. The standard InChI is InChI=1S/C18H14O6/c19-11-18(17(22)23,14-9-5-2-6-10-14)16(21)15(24-12-20)13-7-3-1-4-8-13/h1-12,15H,(H,22,23). The summed E-state index contributed by atoms with van der Waals surface area (Å²) in [6, 6.07) is 15.3. The molecule has 6 nitrogen and oxygen atoms in total. The molecule has 0 aliphatic rings. The zero-order valence-electron chi connectivity index (χ0n) is 12.5. The Kier molecular flexibility index (Phi) is 5.21. The van der Waals surface area contributed by atoms with Gasteiger partial charge in [-0.3, -0.25) is 14.4 Å². The molecule has 122 valence electrons. The number of aldehydes is 1. The Balaban J connectivity index is 2.60. The van der Waals surface area contributed by atoms with Crippen molar-refractivity contribution in [3.05, 3.63) is 71.8 Å². The van der Waals surface area contributed by atoms with E-state index in [2.05, 4.69) is 0 Å². The van der Waals surface area contributed by atoms with E-state index in [9.17, 15) is 24.3 Å². The summed E-state index contributed by atoms with van der Waals surface area (Å²) in [5.74, 6) is -2.68. The molecule has 0 radical (unpaired) electrons. The molecule has 0 aliphatic heterocycles. The van der Waals surface area contributed by atoms with Crippen LogP contribution >= 0.6 is 0 Å². The van der Waals surface area contributed by atoms with Gasteiger partial charge in [0.2, 0.25) is 11.2 Å². The summed E-state index contributed by atoms with van der Waals surface area (Å²) < 4.78 is 4.82. The topological polar surface area (TPSA) is 97.7 Å². The van der Waals surface area contributed by atoms with Gasteiger partial charge in [0.1, 0.15) is 6.29 Å². The Hall–Kier alpha value is -3.28. The first-order chi connectivity index (χ1) is 11.6. The smallest absolute Gasteiger partial charge is 0.329 e. The molecule has 0 aromatic heterocycles. The van der Waals surface area contributed by atoms with E-state index >= 15 is 0 Å². The number of carbonyl (C=O) groups is 4. The van der Waals surface area contributed by atoms with Crippen molar-refractivity contribution in [1.82, 2.24) is 0 Å². The van der Waals surface area contributed by atoms with Crippen LogP contribution in [0.5, 0.6) is 0 Å². The lowest BCUT2D eigenvalue weighted by Gasteiger charge is -2.26. The van der Waals surface area contributed by atoms with E-state index in [-0.39, 0.29) is 23.9 Å². The minimum atomic E-state index is -2.47. The molecule has 0 amide bonds. The lowest BCUT2D eigenvalue weighted by molar-refractivity contribution is -0.158. The van der Waals surface area contributed by atoms with Crippen LogP contribution in [0.3, 0.4) is 0 Å². The monoisotopic (exact) mass is 326 g/mol. The van der Waals surface area contributed by atoms with Gasteiger partial charge in [-0.05, 0) is 5.56 Å². The predicted molar refractivity (Wildman–Crippen MR) is 83.2 cm³/mol. The number of benzene rings is 2. The average Bonchev–Trinajstić information content (AvgIpc) is 2.62. The zero-order valence-corrected chi connectivity index (χ0v) is 12.5. The third-order valence-electron chi connectivity index (χ3n) is 3.66. The summed E-state index contributed by atoms with van der Waals surface area (Å²) in [5.41, 5.74) is -2.20. The molecule has 2 aromatic rings. The number of hydrogen-bond donors (Lipinski definition) is 1.